The second-order valence-electron chi connectivity index (χ2n) is 3.58. The summed E-state index contributed by atoms with van der Waals surface area (Å²) in [4.78, 5) is 12.0. The van der Waals surface area contributed by atoms with E-state index in [0.717, 1.165) is 0 Å². The molecule has 0 aliphatic rings. The number of carbonyl (C=O) groups excluding carboxylic acids is 1. The number of aryl methyl sites for hydroxylation is 2. The standard InChI is InChI=1S/C10H11ClN4O/c1-6-9(11)7(2)15(12-6)10(16)8-4-5-14(3)13-8/h4-5H,1-3H3. The largest absolute Gasteiger partial charge is 0.298 e. The maximum atomic E-state index is 12.0. The third kappa shape index (κ3) is 1.63. The Balaban J connectivity index is 2.45. The van der Waals surface area contributed by atoms with E-state index in [1.807, 2.05) is 0 Å². The van der Waals surface area contributed by atoms with E-state index in [9.17, 15) is 4.79 Å². The van der Waals surface area contributed by atoms with Crippen LogP contribution in [0.2, 0.25) is 5.02 Å². The van der Waals surface area contributed by atoms with Gasteiger partial charge in [-0.15, -0.1) is 0 Å². The lowest BCUT2D eigenvalue weighted by molar-refractivity contribution is 0.0936. The fraction of sp³-hybridized carbons (Fsp3) is 0.300. The van der Waals surface area contributed by atoms with Gasteiger partial charge in [-0.25, -0.2) is 0 Å². The molecule has 84 valence electrons. The van der Waals surface area contributed by atoms with E-state index in [1.54, 1.807) is 37.8 Å². The van der Waals surface area contributed by atoms with Gasteiger partial charge < -0.3 is 0 Å². The summed E-state index contributed by atoms with van der Waals surface area (Å²) < 4.78 is 2.85. The van der Waals surface area contributed by atoms with Gasteiger partial charge in [0.25, 0.3) is 5.91 Å². The average Bonchev–Trinajstić information content (AvgIpc) is 2.78. The number of carbonyl (C=O) groups is 1. The van der Waals surface area contributed by atoms with Crippen LogP contribution in [0, 0.1) is 13.8 Å². The minimum absolute atomic E-state index is 0.270. The Hall–Kier alpha value is -1.62. The normalized spacial score (nSPS) is 10.8. The zero-order chi connectivity index (χ0) is 11.9. The first-order valence-corrected chi connectivity index (χ1v) is 5.14. The van der Waals surface area contributed by atoms with Crippen molar-refractivity contribution in [1.29, 1.82) is 0 Å². The SMILES string of the molecule is Cc1nn(C(=O)c2ccn(C)n2)c(C)c1Cl. The van der Waals surface area contributed by atoms with Crippen molar-refractivity contribution in [2.24, 2.45) is 7.05 Å². The fourth-order valence-corrected chi connectivity index (χ4v) is 1.58. The molecule has 0 unspecified atom stereocenters. The monoisotopic (exact) mass is 238 g/mol. The van der Waals surface area contributed by atoms with Crippen LogP contribution in [0.3, 0.4) is 0 Å². The maximum Gasteiger partial charge on any atom is 0.298 e. The molecule has 2 aromatic rings. The Morgan fingerprint density at radius 2 is 2.06 bits per heavy atom. The van der Waals surface area contributed by atoms with Gasteiger partial charge in [0, 0.05) is 13.2 Å². The first kappa shape index (κ1) is 10.9. The van der Waals surface area contributed by atoms with Crippen molar-refractivity contribution in [1.82, 2.24) is 19.6 Å². The second-order valence-corrected chi connectivity index (χ2v) is 3.95. The van der Waals surface area contributed by atoms with Crippen molar-refractivity contribution >= 4 is 17.5 Å². The summed E-state index contributed by atoms with van der Waals surface area (Å²) in [5.41, 5.74) is 1.63. The summed E-state index contributed by atoms with van der Waals surface area (Å²) >= 11 is 5.97. The molecule has 0 radical (unpaired) electrons. The molecule has 2 heterocycles. The number of rotatable bonds is 1. The van der Waals surface area contributed by atoms with E-state index in [0.29, 0.717) is 22.1 Å². The fourth-order valence-electron chi connectivity index (χ4n) is 1.46. The van der Waals surface area contributed by atoms with Gasteiger partial charge in [-0.05, 0) is 19.9 Å². The van der Waals surface area contributed by atoms with Gasteiger partial charge in [-0.3, -0.25) is 9.48 Å². The van der Waals surface area contributed by atoms with Crippen molar-refractivity contribution in [3.8, 4) is 0 Å². The minimum atomic E-state index is -0.270. The van der Waals surface area contributed by atoms with Gasteiger partial charge in [-0.1, -0.05) is 11.6 Å². The molecule has 2 rings (SSSR count). The molecule has 6 heteroatoms. The van der Waals surface area contributed by atoms with E-state index >= 15 is 0 Å². The quantitative estimate of drug-likeness (QED) is 0.758. The van der Waals surface area contributed by atoms with Gasteiger partial charge >= 0.3 is 0 Å². The summed E-state index contributed by atoms with van der Waals surface area (Å²) in [7, 11) is 1.75. The molecule has 0 fully saturated rings. The number of halogens is 1. The van der Waals surface area contributed by atoms with Crippen LogP contribution >= 0.6 is 11.6 Å². The van der Waals surface area contributed by atoms with E-state index < -0.39 is 0 Å². The molecule has 0 atom stereocenters. The number of aromatic nitrogens is 4. The third-order valence-corrected chi connectivity index (χ3v) is 2.88. The average molecular weight is 239 g/mol. The van der Waals surface area contributed by atoms with Crippen LogP contribution in [0.25, 0.3) is 0 Å². The smallest absolute Gasteiger partial charge is 0.275 e. The Morgan fingerprint density at radius 1 is 1.38 bits per heavy atom. The number of nitrogens with zero attached hydrogens (tertiary/aromatic N) is 4. The molecule has 5 nitrogen and oxygen atoms in total. The molecule has 16 heavy (non-hydrogen) atoms. The summed E-state index contributed by atoms with van der Waals surface area (Å²) in [6.07, 6.45) is 1.71. The van der Waals surface area contributed by atoms with Crippen molar-refractivity contribution in [3.63, 3.8) is 0 Å². The predicted octanol–water partition coefficient (Wildman–Crippen LogP) is 1.58. The first-order valence-electron chi connectivity index (χ1n) is 4.76. The predicted molar refractivity (Wildman–Crippen MR) is 59.6 cm³/mol. The lowest BCUT2D eigenvalue weighted by Crippen LogP contribution is -2.16. The van der Waals surface area contributed by atoms with Crippen molar-refractivity contribution in [2.45, 2.75) is 13.8 Å². The number of hydrogen-bond donors (Lipinski definition) is 0. The van der Waals surface area contributed by atoms with Crippen LogP contribution in [0.4, 0.5) is 0 Å². The molecule has 0 bridgehead atoms. The molecule has 0 aromatic carbocycles. The van der Waals surface area contributed by atoms with Gasteiger partial charge in [0.15, 0.2) is 5.69 Å². The maximum absolute atomic E-state index is 12.0. The lowest BCUT2D eigenvalue weighted by Gasteiger charge is -1.99. The molecular formula is C10H11ClN4O. The molecule has 0 spiro atoms. The van der Waals surface area contributed by atoms with Crippen LogP contribution in [-0.4, -0.2) is 25.5 Å². The summed E-state index contributed by atoms with van der Waals surface area (Å²) in [6.45, 7) is 3.51. The van der Waals surface area contributed by atoms with Crippen LogP contribution in [0.1, 0.15) is 21.9 Å². The Kier molecular flexibility index (Phi) is 2.55. The van der Waals surface area contributed by atoms with E-state index in [1.165, 1.54) is 4.68 Å². The topological polar surface area (TPSA) is 52.7 Å². The van der Waals surface area contributed by atoms with E-state index in [-0.39, 0.29) is 5.91 Å². The van der Waals surface area contributed by atoms with Crippen LogP contribution in [0.5, 0.6) is 0 Å². The van der Waals surface area contributed by atoms with Crippen molar-refractivity contribution < 1.29 is 4.79 Å². The van der Waals surface area contributed by atoms with Gasteiger partial charge in [0.05, 0.1) is 16.4 Å². The van der Waals surface area contributed by atoms with Gasteiger partial charge in [0.2, 0.25) is 0 Å². The summed E-state index contributed by atoms with van der Waals surface area (Å²) in [5.74, 6) is -0.270. The van der Waals surface area contributed by atoms with E-state index in [2.05, 4.69) is 10.2 Å². The molecule has 0 amide bonds. The Bertz CT molecular complexity index is 555. The zero-order valence-electron chi connectivity index (χ0n) is 9.23. The summed E-state index contributed by atoms with van der Waals surface area (Å²) in [5, 5.41) is 8.63. The van der Waals surface area contributed by atoms with Crippen LogP contribution in [0.15, 0.2) is 12.3 Å². The first-order chi connectivity index (χ1) is 7.50. The molecule has 0 saturated heterocycles. The second kappa shape index (κ2) is 3.75. The molecular weight excluding hydrogens is 228 g/mol. The van der Waals surface area contributed by atoms with Crippen molar-refractivity contribution in [2.75, 3.05) is 0 Å². The van der Waals surface area contributed by atoms with Gasteiger partial charge in [0.1, 0.15) is 0 Å². The molecule has 2 aromatic heterocycles. The zero-order valence-corrected chi connectivity index (χ0v) is 9.99. The lowest BCUT2D eigenvalue weighted by atomic mass is 10.3. The summed E-state index contributed by atoms with van der Waals surface area (Å²) in [6, 6.07) is 1.65. The van der Waals surface area contributed by atoms with Gasteiger partial charge in [-0.2, -0.15) is 14.9 Å². The highest BCUT2D eigenvalue weighted by atomic mass is 35.5. The Labute approximate surface area is 97.6 Å². The molecule has 0 N–H and O–H groups in total. The highest BCUT2D eigenvalue weighted by Crippen LogP contribution is 2.19. The highest BCUT2D eigenvalue weighted by Gasteiger charge is 2.18. The molecule has 0 saturated carbocycles. The van der Waals surface area contributed by atoms with Crippen LogP contribution < -0.4 is 0 Å². The third-order valence-electron chi connectivity index (χ3n) is 2.33. The number of hydrogen-bond acceptors (Lipinski definition) is 3. The highest BCUT2D eigenvalue weighted by molar-refractivity contribution is 6.32. The Morgan fingerprint density at radius 3 is 2.50 bits per heavy atom. The van der Waals surface area contributed by atoms with Crippen LogP contribution in [-0.2, 0) is 7.05 Å². The minimum Gasteiger partial charge on any atom is -0.275 e. The molecule has 0 aliphatic heterocycles. The van der Waals surface area contributed by atoms with Crippen molar-refractivity contribution in [3.05, 3.63) is 34.4 Å². The van der Waals surface area contributed by atoms with E-state index in [4.69, 9.17) is 11.6 Å². The molecule has 0 aliphatic carbocycles.